The minimum Gasteiger partial charge on any atom is -0.328 e. The minimum atomic E-state index is 0.157. The van der Waals surface area contributed by atoms with E-state index < -0.39 is 0 Å². The van der Waals surface area contributed by atoms with E-state index in [2.05, 4.69) is 4.98 Å². The van der Waals surface area contributed by atoms with Gasteiger partial charge in [0.1, 0.15) is 5.78 Å². The van der Waals surface area contributed by atoms with Crippen molar-refractivity contribution in [3.8, 4) is 0 Å². The standard InChI is InChI=1S/C12H15N3OS/c13-9-2-1-8(5-9)11(16)6-10-7-15-3-4-17-12(15)14-10/h3-4,7-9H,1-2,5-6,13H2. The minimum absolute atomic E-state index is 0.157. The molecular formula is C12H15N3OS. The van der Waals surface area contributed by atoms with E-state index in [-0.39, 0.29) is 12.0 Å². The van der Waals surface area contributed by atoms with Gasteiger partial charge in [-0.1, -0.05) is 0 Å². The average molecular weight is 249 g/mol. The summed E-state index contributed by atoms with van der Waals surface area (Å²) in [4.78, 5) is 17.4. The van der Waals surface area contributed by atoms with Crippen LogP contribution in [0, 0.1) is 5.92 Å². The molecule has 1 fully saturated rings. The van der Waals surface area contributed by atoms with Crippen molar-refractivity contribution in [2.75, 3.05) is 0 Å². The summed E-state index contributed by atoms with van der Waals surface area (Å²) in [6, 6.07) is 0.217. The van der Waals surface area contributed by atoms with Crippen LogP contribution in [-0.4, -0.2) is 21.2 Å². The van der Waals surface area contributed by atoms with Crippen molar-refractivity contribution in [1.82, 2.24) is 9.38 Å². The molecule has 1 aliphatic carbocycles. The third-order valence-electron chi connectivity index (χ3n) is 3.43. The second-order valence-corrected chi connectivity index (χ2v) is 5.61. The van der Waals surface area contributed by atoms with Gasteiger partial charge in [0.25, 0.3) is 0 Å². The molecule has 0 aliphatic heterocycles. The number of hydrogen-bond donors (Lipinski definition) is 1. The van der Waals surface area contributed by atoms with Gasteiger partial charge in [-0.25, -0.2) is 4.98 Å². The fourth-order valence-electron chi connectivity index (χ4n) is 2.49. The van der Waals surface area contributed by atoms with Crippen LogP contribution >= 0.6 is 11.3 Å². The molecule has 5 heteroatoms. The second kappa shape index (κ2) is 4.23. The van der Waals surface area contributed by atoms with Gasteiger partial charge in [0.05, 0.1) is 12.1 Å². The van der Waals surface area contributed by atoms with Crippen LogP contribution in [0.3, 0.4) is 0 Å². The van der Waals surface area contributed by atoms with Crippen LogP contribution in [0.2, 0.25) is 0 Å². The number of nitrogens with two attached hydrogens (primary N) is 1. The molecule has 90 valence electrons. The molecule has 2 heterocycles. The Hall–Kier alpha value is -1.20. The molecule has 0 radical (unpaired) electrons. The highest BCUT2D eigenvalue weighted by atomic mass is 32.1. The Labute approximate surface area is 103 Å². The van der Waals surface area contributed by atoms with Gasteiger partial charge in [0.2, 0.25) is 0 Å². The van der Waals surface area contributed by atoms with Crippen LogP contribution in [0.1, 0.15) is 25.0 Å². The van der Waals surface area contributed by atoms with Crippen molar-refractivity contribution >= 4 is 22.1 Å². The summed E-state index contributed by atoms with van der Waals surface area (Å²) in [6.45, 7) is 0. The van der Waals surface area contributed by atoms with Crippen LogP contribution in [0.4, 0.5) is 0 Å². The molecule has 2 N–H and O–H groups in total. The van der Waals surface area contributed by atoms with Gasteiger partial charge >= 0.3 is 0 Å². The summed E-state index contributed by atoms with van der Waals surface area (Å²) in [5, 5.41) is 1.99. The maximum absolute atomic E-state index is 12.1. The fourth-order valence-corrected chi connectivity index (χ4v) is 3.21. The van der Waals surface area contributed by atoms with Gasteiger partial charge in [0, 0.05) is 29.7 Å². The number of thiazole rings is 1. The van der Waals surface area contributed by atoms with Gasteiger partial charge in [-0.3, -0.25) is 9.20 Å². The van der Waals surface area contributed by atoms with Crippen LogP contribution in [0.15, 0.2) is 17.8 Å². The molecule has 2 unspecified atom stereocenters. The number of rotatable bonds is 3. The first-order chi connectivity index (χ1) is 8.22. The molecule has 4 nitrogen and oxygen atoms in total. The Kier molecular flexibility index (Phi) is 2.72. The van der Waals surface area contributed by atoms with Crippen molar-refractivity contribution in [2.24, 2.45) is 11.7 Å². The number of carbonyl (C=O) groups is 1. The Morgan fingerprint density at radius 1 is 1.59 bits per heavy atom. The zero-order valence-electron chi connectivity index (χ0n) is 9.50. The second-order valence-electron chi connectivity index (χ2n) is 4.74. The molecule has 1 aliphatic rings. The third kappa shape index (κ3) is 2.12. The number of imidazole rings is 1. The molecule has 0 saturated heterocycles. The van der Waals surface area contributed by atoms with E-state index in [1.807, 2.05) is 22.2 Å². The summed E-state index contributed by atoms with van der Waals surface area (Å²) in [7, 11) is 0. The van der Waals surface area contributed by atoms with Crippen LogP contribution in [-0.2, 0) is 11.2 Å². The van der Waals surface area contributed by atoms with Crippen LogP contribution in [0.5, 0.6) is 0 Å². The van der Waals surface area contributed by atoms with E-state index in [0.29, 0.717) is 12.2 Å². The molecule has 2 aromatic rings. The number of nitrogens with zero attached hydrogens (tertiary/aromatic N) is 2. The molecule has 1 saturated carbocycles. The Bertz CT molecular complexity index is 516. The lowest BCUT2D eigenvalue weighted by molar-refractivity contribution is -0.122. The first-order valence-corrected chi connectivity index (χ1v) is 6.79. The summed E-state index contributed by atoms with van der Waals surface area (Å²) in [5.41, 5.74) is 6.71. The van der Waals surface area contributed by atoms with E-state index in [9.17, 15) is 4.79 Å². The number of hydrogen-bond acceptors (Lipinski definition) is 4. The number of aromatic nitrogens is 2. The highest BCUT2D eigenvalue weighted by molar-refractivity contribution is 7.15. The van der Waals surface area contributed by atoms with Gasteiger partial charge in [0.15, 0.2) is 4.96 Å². The largest absolute Gasteiger partial charge is 0.328 e. The highest BCUT2D eigenvalue weighted by Gasteiger charge is 2.27. The summed E-state index contributed by atoms with van der Waals surface area (Å²) in [6.07, 6.45) is 7.13. The zero-order chi connectivity index (χ0) is 11.8. The lowest BCUT2D eigenvalue weighted by Crippen LogP contribution is -2.19. The highest BCUT2D eigenvalue weighted by Crippen LogP contribution is 2.26. The predicted molar refractivity (Wildman–Crippen MR) is 67.1 cm³/mol. The Morgan fingerprint density at radius 2 is 2.47 bits per heavy atom. The molecule has 3 rings (SSSR count). The fraction of sp³-hybridized carbons (Fsp3) is 0.500. The number of ketones is 1. The maximum Gasteiger partial charge on any atom is 0.193 e. The summed E-state index contributed by atoms with van der Waals surface area (Å²) in [5.74, 6) is 0.452. The van der Waals surface area contributed by atoms with Crippen molar-refractivity contribution in [2.45, 2.75) is 31.7 Å². The van der Waals surface area contributed by atoms with Crippen molar-refractivity contribution in [3.63, 3.8) is 0 Å². The van der Waals surface area contributed by atoms with Crippen LogP contribution in [0.25, 0.3) is 4.96 Å². The lowest BCUT2D eigenvalue weighted by atomic mass is 9.99. The topological polar surface area (TPSA) is 60.4 Å². The van der Waals surface area contributed by atoms with Crippen molar-refractivity contribution in [1.29, 1.82) is 0 Å². The predicted octanol–water partition coefficient (Wildman–Crippen LogP) is 1.63. The maximum atomic E-state index is 12.1. The van der Waals surface area contributed by atoms with E-state index in [1.54, 1.807) is 11.3 Å². The first kappa shape index (κ1) is 10.9. The lowest BCUT2D eigenvalue weighted by Gasteiger charge is -2.06. The number of carbonyl (C=O) groups excluding carboxylic acids is 1. The molecular weight excluding hydrogens is 234 g/mol. The van der Waals surface area contributed by atoms with Crippen molar-refractivity contribution in [3.05, 3.63) is 23.5 Å². The van der Waals surface area contributed by atoms with Gasteiger partial charge in [-0.15, -0.1) is 11.3 Å². The smallest absolute Gasteiger partial charge is 0.193 e. The van der Waals surface area contributed by atoms with E-state index in [4.69, 9.17) is 5.73 Å². The Balaban J connectivity index is 1.70. The summed E-state index contributed by atoms with van der Waals surface area (Å²) < 4.78 is 1.97. The molecule has 0 aromatic carbocycles. The molecule has 2 aromatic heterocycles. The van der Waals surface area contributed by atoms with Gasteiger partial charge < -0.3 is 5.73 Å². The normalized spacial score (nSPS) is 24.5. The number of fused-ring (bicyclic) bond motifs is 1. The van der Waals surface area contributed by atoms with Gasteiger partial charge in [-0.2, -0.15) is 0 Å². The van der Waals surface area contributed by atoms with Gasteiger partial charge in [-0.05, 0) is 19.3 Å². The Morgan fingerprint density at radius 3 is 3.18 bits per heavy atom. The average Bonchev–Trinajstić information content (AvgIpc) is 2.92. The monoisotopic (exact) mass is 249 g/mol. The quantitative estimate of drug-likeness (QED) is 0.899. The third-order valence-corrected chi connectivity index (χ3v) is 4.20. The van der Waals surface area contributed by atoms with Crippen LogP contribution < -0.4 is 5.73 Å². The molecule has 0 bridgehead atoms. The van der Waals surface area contributed by atoms with E-state index >= 15 is 0 Å². The van der Waals surface area contributed by atoms with Crippen molar-refractivity contribution < 1.29 is 4.79 Å². The first-order valence-electron chi connectivity index (χ1n) is 5.92. The molecule has 0 amide bonds. The molecule has 17 heavy (non-hydrogen) atoms. The SMILES string of the molecule is NC1CCC(C(=O)Cc2cn3ccsc3n2)C1. The number of Topliss-reactive ketones (excluding diaryl/α,β-unsaturated/α-hetero) is 1. The molecule has 0 spiro atoms. The molecule has 2 atom stereocenters. The zero-order valence-corrected chi connectivity index (χ0v) is 10.3. The van der Waals surface area contributed by atoms with E-state index in [1.165, 1.54) is 0 Å². The summed E-state index contributed by atoms with van der Waals surface area (Å²) >= 11 is 1.59. The van der Waals surface area contributed by atoms with E-state index in [0.717, 1.165) is 29.9 Å².